The highest BCUT2D eigenvalue weighted by molar-refractivity contribution is 5.85. The van der Waals surface area contributed by atoms with E-state index in [1.165, 1.54) is 50.7 Å². The van der Waals surface area contributed by atoms with Crippen molar-refractivity contribution in [2.24, 2.45) is 5.92 Å². The Labute approximate surface area is 154 Å². The van der Waals surface area contributed by atoms with E-state index in [1.807, 2.05) is 0 Å². The van der Waals surface area contributed by atoms with Crippen LogP contribution in [0.2, 0.25) is 0 Å². The zero-order valence-electron chi connectivity index (χ0n) is 14.4. The van der Waals surface area contributed by atoms with Crippen molar-refractivity contribution in [1.82, 2.24) is 10.6 Å². The number of carbonyl (C=O) groups excluding carboxylic acids is 1. The zero-order valence-corrected chi connectivity index (χ0v) is 15.2. The van der Waals surface area contributed by atoms with Gasteiger partial charge in [-0.05, 0) is 36.8 Å². The van der Waals surface area contributed by atoms with E-state index in [0.29, 0.717) is 24.6 Å². The Bertz CT molecular complexity index is 577. The van der Waals surface area contributed by atoms with Crippen LogP contribution in [0.25, 0.3) is 0 Å². The van der Waals surface area contributed by atoms with Gasteiger partial charge in [0.1, 0.15) is 11.6 Å². The summed E-state index contributed by atoms with van der Waals surface area (Å²) in [6, 6.07) is 4.17. The lowest BCUT2D eigenvalue weighted by molar-refractivity contribution is -0.122. The third-order valence-corrected chi connectivity index (χ3v) is 5.20. The second-order valence-electron chi connectivity index (χ2n) is 7.05. The molecular formula is C19H27ClF2N2O. The molecule has 2 N–H and O–H groups in total. The van der Waals surface area contributed by atoms with Gasteiger partial charge in [-0.25, -0.2) is 8.78 Å². The molecule has 2 saturated carbocycles. The normalized spacial score (nSPS) is 23.4. The van der Waals surface area contributed by atoms with Crippen molar-refractivity contribution in [3.8, 4) is 0 Å². The minimum atomic E-state index is -0.581. The summed E-state index contributed by atoms with van der Waals surface area (Å²) in [5.74, 6) is -1.44. The maximum absolute atomic E-state index is 13.7. The Morgan fingerprint density at radius 2 is 1.80 bits per heavy atom. The number of nitrogens with one attached hydrogen (secondary N) is 2. The third kappa shape index (κ3) is 5.65. The van der Waals surface area contributed by atoms with E-state index in [2.05, 4.69) is 10.6 Å². The van der Waals surface area contributed by atoms with Gasteiger partial charge in [-0.2, -0.15) is 0 Å². The third-order valence-electron chi connectivity index (χ3n) is 5.20. The monoisotopic (exact) mass is 372 g/mol. The van der Waals surface area contributed by atoms with Crippen molar-refractivity contribution >= 4 is 18.3 Å². The van der Waals surface area contributed by atoms with Crippen molar-refractivity contribution in [2.75, 3.05) is 13.1 Å². The van der Waals surface area contributed by atoms with E-state index in [9.17, 15) is 13.6 Å². The van der Waals surface area contributed by atoms with Gasteiger partial charge in [0, 0.05) is 31.1 Å². The number of amides is 1. The minimum Gasteiger partial charge on any atom is -0.355 e. The SMILES string of the molecule is Cl.O=C(NCCNC1CCCCCC1)C1CC1c1ccc(F)cc1F. The van der Waals surface area contributed by atoms with Crippen LogP contribution in [-0.2, 0) is 4.79 Å². The Kier molecular flexibility index (Phi) is 7.63. The molecule has 0 radical (unpaired) electrons. The molecule has 1 amide bonds. The predicted molar refractivity (Wildman–Crippen MR) is 97.0 cm³/mol. The smallest absolute Gasteiger partial charge is 0.223 e. The summed E-state index contributed by atoms with van der Waals surface area (Å²) < 4.78 is 26.7. The predicted octanol–water partition coefficient (Wildman–Crippen LogP) is 3.92. The highest BCUT2D eigenvalue weighted by Crippen LogP contribution is 2.48. The first-order valence-electron chi connectivity index (χ1n) is 9.11. The molecule has 2 aliphatic carbocycles. The lowest BCUT2D eigenvalue weighted by atomic mass is 10.1. The van der Waals surface area contributed by atoms with E-state index in [1.54, 1.807) is 0 Å². The summed E-state index contributed by atoms with van der Waals surface area (Å²) in [4.78, 5) is 12.1. The van der Waals surface area contributed by atoms with E-state index >= 15 is 0 Å². The topological polar surface area (TPSA) is 41.1 Å². The number of halogens is 3. The largest absolute Gasteiger partial charge is 0.355 e. The average Bonchev–Trinajstić information content (AvgIpc) is 3.35. The maximum Gasteiger partial charge on any atom is 0.223 e. The van der Waals surface area contributed by atoms with Crippen molar-refractivity contribution < 1.29 is 13.6 Å². The number of hydrogen-bond acceptors (Lipinski definition) is 2. The van der Waals surface area contributed by atoms with Gasteiger partial charge >= 0.3 is 0 Å². The van der Waals surface area contributed by atoms with E-state index in [0.717, 1.165) is 12.6 Å². The van der Waals surface area contributed by atoms with Crippen molar-refractivity contribution in [3.05, 3.63) is 35.4 Å². The van der Waals surface area contributed by atoms with Crippen molar-refractivity contribution in [3.63, 3.8) is 0 Å². The number of rotatable bonds is 6. The van der Waals surface area contributed by atoms with Crippen LogP contribution in [0.4, 0.5) is 8.78 Å². The highest BCUT2D eigenvalue weighted by atomic mass is 35.5. The summed E-state index contributed by atoms with van der Waals surface area (Å²) in [6.07, 6.45) is 8.33. The van der Waals surface area contributed by atoms with Crippen LogP contribution in [0.1, 0.15) is 56.4 Å². The van der Waals surface area contributed by atoms with Gasteiger partial charge in [0.25, 0.3) is 0 Å². The molecule has 3 rings (SSSR count). The average molecular weight is 373 g/mol. The fourth-order valence-corrected chi connectivity index (χ4v) is 3.71. The number of benzene rings is 1. The maximum atomic E-state index is 13.7. The van der Waals surface area contributed by atoms with Crippen LogP contribution in [0.5, 0.6) is 0 Å². The summed E-state index contributed by atoms with van der Waals surface area (Å²) in [5, 5.41) is 6.45. The first-order valence-corrected chi connectivity index (χ1v) is 9.11. The molecule has 6 heteroatoms. The molecule has 0 heterocycles. The molecule has 0 spiro atoms. The lowest BCUT2D eigenvalue weighted by Crippen LogP contribution is -2.37. The summed E-state index contributed by atoms with van der Waals surface area (Å²) >= 11 is 0. The Morgan fingerprint density at radius 1 is 1.08 bits per heavy atom. The Balaban J connectivity index is 0.00000225. The summed E-state index contributed by atoms with van der Waals surface area (Å²) in [6.45, 7) is 1.38. The van der Waals surface area contributed by atoms with Crippen LogP contribution in [-0.4, -0.2) is 25.0 Å². The number of hydrogen-bond donors (Lipinski definition) is 2. The van der Waals surface area contributed by atoms with Gasteiger partial charge in [0.05, 0.1) is 0 Å². The molecule has 25 heavy (non-hydrogen) atoms. The molecule has 3 nitrogen and oxygen atoms in total. The Hall–Kier alpha value is -1.20. The first kappa shape index (κ1) is 20.1. The second-order valence-corrected chi connectivity index (χ2v) is 7.05. The molecule has 2 aliphatic rings. The van der Waals surface area contributed by atoms with E-state index in [-0.39, 0.29) is 30.2 Å². The van der Waals surface area contributed by atoms with Gasteiger partial charge in [-0.1, -0.05) is 31.7 Å². The molecule has 1 aromatic carbocycles. The van der Waals surface area contributed by atoms with Gasteiger partial charge < -0.3 is 10.6 Å². The molecule has 2 unspecified atom stereocenters. The first-order chi connectivity index (χ1) is 11.6. The summed E-state index contributed by atoms with van der Waals surface area (Å²) in [5.41, 5.74) is 0.452. The molecular weight excluding hydrogens is 346 g/mol. The molecule has 0 aromatic heterocycles. The molecule has 0 bridgehead atoms. The number of carbonyl (C=O) groups is 1. The zero-order chi connectivity index (χ0) is 16.9. The van der Waals surface area contributed by atoms with E-state index in [4.69, 9.17) is 0 Å². The fourth-order valence-electron chi connectivity index (χ4n) is 3.71. The van der Waals surface area contributed by atoms with Crippen molar-refractivity contribution in [2.45, 2.75) is 56.9 Å². The Morgan fingerprint density at radius 3 is 2.48 bits per heavy atom. The fraction of sp³-hybridized carbons (Fsp3) is 0.632. The van der Waals surface area contributed by atoms with Crippen LogP contribution < -0.4 is 10.6 Å². The molecule has 2 fully saturated rings. The minimum absolute atomic E-state index is 0. The van der Waals surface area contributed by atoms with Gasteiger partial charge in [-0.15, -0.1) is 12.4 Å². The molecule has 1 aromatic rings. The molecule has 0 saturated heterocycles. The highest BCUT2D eigenvalue weighted by Gasteiger charge is 2.45. The molecule has 0 aliphatic heterocycles. The molecule has 140 valence electrons. The second kappa shape index (κ2) is 9.48. The standard InChI is InChI=1S/C19H26F2N2O.ClH/c20-13-7-8-15(18(21)11-13)16-12-17(16)19(24)23-10-9-22-14-5-3-1-2-4-6-14;/h7-8,11,14,16-17,22H,1-6,9-10,12H2,(H,23,24);1H. The van der Waals surface area contributed by atoms with Gasteiger partial charge in [-0.3, -0.25) is 4.79 Å². The summed E-state index contributed by atoms with van der Waals surface area (Å²) in [7, 11) is 0. The van der Waals surface area contributed by atoms with E-state index < -0.39 is 11.6 Å². The van der Waals surface area contributed by atoms with Crippen LogP contribution in [0.3, 0.4) is 0 Å². The van der Waals surface area contributed by atoms with Gasteiger partial charge in [0.15, 0.2) is 0 Å². The van der Waals surface area contributed by atoms with Crippen LogP contribution in [0, 0.1) is 17.6 Å². The van der Waals surface area contributed by atoms with Crippen LogP contribution >= 0.6 is 12.4 Å². The quantitative estimate of drug-likeness (QED) is 0.587. The molecule has 2 atom stereocenters. The van der Waals surface area contributed by atoms with Crippen LogP contribution in [0.15, 0.2) is 18.2 Å². The van der Waals surface area contributed by atoms with Crippen molar-refractivity contribution in [1.29, 1.82) is 0 Å². The lowest BCUT2D eigenvalue weighted by Gasteiger charge is -2.16. The van der Waals surface area contributed by atoms with Gasteiger partial charge in [0.2, 0.25) is 5.91 Å².